The molecule has 0 saturated carbocycles. The highest BCUT2D eigenvalue weighted by atomic mass is 16.2. The zero-order valence-electron chi connectivity index (χ0n) is 15.3. The molecule has 1 aromatic carbocycles. The van der Waals surface area contributed by atoms with Crippen molar-refractivity contribution in [2.24, 2.45) is 0 Å². The predicted octanol–water partition coefficient (Wildman–Crippen LogP) is 3.41. The molecule has 0 atom stereocenters. The minimum Gasteiger partial charge on any atom is -0.340 e. The Morgan fingerprint density at radius 2 is 1.88 bits per heavy atom. The maximum Gasteiger partial charge on any atom is 0.272 e. The molecule has 0 unspecified atom stereocenters. The Hall–Kier alpha value is -3.02. The molecule has 0 fully saturated rings. The maximum atomic E-state index is 12.5. The van der Waals surface area contributed by atoms with Gasteiger partial charge in [-0.25, -0.2) is 0 Å². The molecule has 26 heavy (non-hydrogen) atoms. The molecule has 0 aliphatic heterocycles. The van der Waals surface area contributed by atoms with E-state index in [0.717, 1.165) is 12.8 Å². The van der Waals surface area contributed by atoms with E-state index in [2.05, 4.69) is 17.2 Å². The quantitative estimate of drug-likeness (QED) is 0.774. The minimum absolute atomic E-state index is 0.0759. The molecular weight excluding hydrogens is 330 g/mol. The summed E-state index contributed by atoms with van der Waals surface area (Å²) in [4.78, 5) is 42.0. The van der Waals surface area contributed by atoms with E-state index in [1.807, 2.05) is 0 Å². The van der Waals surface area contributed by atoms with E-state index in [4.69, 9.17) is 0 Å². The fourth-order valence-electron chi connectivity index (χ4n) is 2.40. The third-order valence-corrected chi connectivity index (χ3v) is 3.96. The van der Waals surface area contributed by atoms with Crippen molar-refractivity contribution >= 4 is 23.3 Å². The van der Waals surface area contributed by atoms with Gasteiger partial charge in [0.1, 0.15) is 5.69 Å². The first kappa shape index (κ1) is 19.3. The Morgan fingerprint density at radius 1 is 1.12 bits per heavy atom. The van der Waals surface area contributed by atoms with E-state index in [9.17, 15) is 14.4 Å². The lowest BCUT2D eigenvalue weighted by atomic mass is 10.1. The second-order valence-electron chi connectivity index (χ2n) is 6.10. The van der Waals surface area contributed by atoms with E-state index in [1.54, 1.807) is 42.3 Å². The number of carbonyl (C=O) groups excluding carboxylic acids is 3. The Morgan fingerprint density at radius 3 is 2.58 bits per heavy atom. The number of hydrogen-bond acceptors (Lipinski definition) is 4. The van der Waals surface area contributed by atoms with Gasteiger partial charge in [0.05, 0.1) is 0 Å². The summed E-state index contributed by atoms with van der Waals surface area (Å²) in [6.45, 7) is 4.17. The van der Waals surface area contributed by atoms with Crippen LogP contribution in [0.15, 0.2) is 42.6 Å². The van der Waals surface area contributed by atoms with Gasteiger partial charge >= 0.3 is 0 Å². The molecule has 2 rings (SSSR count). The molecule has 0 aliphatic rings. The molecule has 2 aromatic rings. The molecule has 1 aromatic heterocycles. The maximum absolute atomic E-state index is 12.5. The van der Waals surface area contributed by atoms with E-state index in [0.29, 0.717) is 23.4 Å². The van der Waals surface area contributed by atoms with E-state index >= 15 is 0 Å². The van der Waals surface area contributed by atoms with Crippen LogP contribution in [0, 0.1) is 0 Å². The Bertz CT molecular complexity index is 817. The average molecular weight is 353 g/mol. The summed E-state index contributed by atoms with van der Waals surface area (Å²) in [7, 11) is 1.72. The summed E-state index contributed by atoms with van der Waals surface area (Å²) < 4.78 is 0. The van der Waals surface area contributed by atoms with Crippen LogP contribution in [0.2, 0.25) is 0 Å². The van der Waals surface area contributed by atoms with Crippen LogP contribution >= 0.6 is 0 Å². The van der Waals surface area contributed by atoms with Crippen LogP contribution in [0.3, 0.4) is 0 Å². The van der Waals surface area contributed by atoms with Gasteiger partial charge in [-0.1, -0.05) is 25.5 Å². The molecule has 1 N–H and O–H groups in total. The molecular formula is C20H23N3O3. The van der Waals surface area contributed by atoms with Crippen LogP contribution in [0.4, 0.5) is 5.69 Å². The first-order valence-corrected chi connectivity index (χ1v) is 8.56. The van der Waals surface area contributed by atoms with Gasteiger partial charge in [-0.2, -0.15) is 0 Å². The molecule has 6 nitrogen and oxygen atoms in total. The van der Waals surface area contributed by atoms with Gasteiger partial charge in [-0.3, -0.25) is 19.4 Å². The van der Waals surface area contributed by atoms with Crippen molar-refractivity contribution in [1.29, 1.82) is 0 Å². The standard InChI is InChI=1S/C20H23N3O3/c1-4-5-11-23(3)20(26)18-13-16(9-10-21-18)19(25)22-17-8-6-7-15(12-17)14(2)24/h6-10,12-13H,4-5,11H2,1-3H3,(H,22,25). The molecule has 0 saturated heterocycles. The Labute approximate surface area is 153 Å². The Balaban J connectivity index is 2.14. The number of hydrogen-bond donors (Lipinski definition) is 1. The number of pyridine rings is 1. The van der Waals surface area contributed by atoms with Gasteiger partial charge < -0.3 is 10.2 Å². The predicted molar refractivity (Wildman–Crippen MR) is 101 cm³/mol. The topological polar surface area (TPSA) is 79.4 Å². The SMILES string of the molecule is CCCCN(C)C(=O)c1cc(C(=O)Nc2cccc(C(C)=O)c2)ccn1. The first-order chi connectivity index (χ1) is 12.4. The van der Waals surface area contributed by atoms with Gasteiger partial charge in [0.2, 0.25) is 0 Å². The molecule has 2 amide bonds. The number of nitrogens with one attached hydrogen (secondary N) is 1. The van der Waals surface area contributed by atoms with E-state index in [1.165, 1.54) is 19.2 Å². The second kappa shape index (κ2) is 8.89. The van der Waals surface area contributed by atoms with Crippen LogP contribution in [0.5, 0.6) is 0 Å². The number of unbranched alkanes of at least 4 members (excludes halogenated alkanes) is 1. The van der Waals surface area contributed by atoms with Crippen LogP contribution in [-0.2, 0) is 0 Å². The fourth-order valence-corrected chi connectivity index (χ4v) is 2.40. The second-order valence-corrected chi connectivity index (χ2v) is 6.10. The summed E-state index contributed by atoms with van der Waals surface area (Å²) in [6, 6.07) is 9.74. The Kier molecular flexibility index (Phi) is 6.60. The van der Waals surface area contributed by atoms with Crippen LogP contribution in [0.1, 0.15) is 57.9 Å². The number of rotatable bonds is 7. The van der Waals surface area contributed by atoms with Crippen LogP contribution in [-0.4, -0.2) is 41.1 Å². The zero-order chi connectivity index (χ0) is 19.1. The number of benzene rings is 1. The van der Waals surface area contributed by atoms with Crippen LogP contribution < -0.4 is 5.32 Å². The van der Waals surface area contributed by atoms with Crippen molar-refractivity contribution in [1.82, 2.24) is 9.88 Å². The normalized spacial score (nSPS) is 10.3. The van der Waals surface area contributed by atoms with E-state index < -0.39 is 0 Å². The van der Waals surface area contributed by atoms with Crippen molar-refractivity contribution in [2.45, 2.75) is 26.7 Å². The van der Waals surface area contributed by atoms with Crippen LogP contribution in [0.25, 0.3) is 0 Å². The number of anilines is 1. The van der Waals surface area contributed by atoms with Crippen molar-refractivity contribution in [2.75, 3.05) is 18.9 Å². The first-order valence-electron chi connectivity index (χ1n) is 8.56. The van der Waals surface area contributed by atoms with Gasteiger partial charge in [-0.05, 0) is 37.6 Å². The van der Waals surface area contributed by atoms with Crippen molar-refractivity contribution in [3.63, 3.8) is 0 Å². The summed E-state index contributed by atoms with van der Waals surface area (Å²) in [5.74, 6) is -0.655. The van der Waals surface area contributed by atoms with Gasteiger partial charge in [0.15, 0.2) is 5.78 Å². The third-order valence-electron chi connectivity index (χ3n) is 3.96. The molecule has 0 spiro atoms. The van der Waals surface area contributed by atoms with Gasteiger partial charge in [-0.15, -0.1) is 0 Å². The monoisotopic (exact) mass is 353 g/mol. The number of ketones is 1. The lowest BCUT2D eigenvalue weighted by Gasteiger charge is -2.16. The lowest BCUT2D eigenvalue weighted by molar-refractivity contribution is 0.0787. The number of nitrogens with zero attached hydrogens (tertiary/aromatic N) is 2. The number of amides is 2. The summed E-state index contributed by atoms with van der Waals surface area (Å²) in [5.41, 5.74) is 1.60. The zero-order valence-corrected chi connectivity index (χ0v) is 15.3. The molecule has 0 bridgehead atoms. The largest absolute Gasteiger partial charge is 0.340 e. The highest BCUT2D eigenvalue weighted by Gasteiger charge is 2.15. The highest BCUT2D eigenvalue weighted by molar-refractivity contribution is 6.06. The lowest BCUT2D eigenvalue weighted by Crippen LogP contribution is -2.28. The van der Waals surface area contributed by atoms with Crippen molar-refractivity contribution in [3.05, 3.63) is 59.4 Å². The number of aromatic nitrogens is 1. The number of carbonyl (C=O) groups is 3. The fraction of sp³-hybridized carbons (Fsp3) is 0.300. The molecule has 1 heterocycles. The van der Waals surface area contributed by atoms with Gasteiger partial charge in [0.25, 0.3) is 11.8 Å². The number of Topliss-reactive ketones (excluding diaryl/α,β-unsaturated/α-hetero) is 1. The highest BCUT2D eigenvalue weighted by Crippen LogP contribution is 2.13. The van der Waals surface area contributed by atoms with E-state index in [-0.39, 0.29) is 23.3 Å². The minimum atomic E-state index is -0.363. The summed E-state index contributed by atoms with van der Waals surface area (Å²) in [5, 5.41) is 2.74. The molecule has 6 heteroatoms. The summed E-state index contributed by atoms with van der Waals surface area (Å²) in [6.07, 6.45) is 3.35. The molecule has 0 aliphatic carbocycles. The molecule has 136 valence electrons. The van der Waals surface area contributed by atoms with Gasteiger partial charge in [0, 0.05) is 36.6 Å². The smallest absolute Gasteiger partial charge is 0.272 e. The summed E-state index contributed by atoms with van der Waals surface area (Å²) >= 11 is 0. The van der Waals surface area contributed by atoms with Crippen molar-refractivity contribution < 1.29 is 14.4 Å². The molecule has 0 radical (unpaired) electrons. The average Bonchev–Trinajstić information content (AvgIpc) is 2.65. The van der Waals surface area contributed by atoms with Crippen molar-refractivity contribution in [3.8, 4) is 0 Å². The third kappa shape index (κ3) is 4.99.